The predicted octanol–water partition coefficient (Wildman–Crippen LogP) is 3.92. The van der Waals surface area contributed by atoms with Crippen LogP contribution < -0.4 is 10.6 Å². The Morgan fingerprint density at radius 1 is 0.853 bits per heavy atom. The van der Waals surface area contributed by atoms with E-state index < -0.39 is 5.41 Å². The quantitative estimate of drug-likeness (QED) is 0.603. The molecule has 0 aliphatic carbocycles. The summed E-state index contributed by atoms with van der Waals surface area (Å²) in [6.45, 7) is 6.60. The molecule has 2 aliphatic heterocycles. The first-order valence-electron chi connectivity index (χ1n) is 11.7. The van der Waals surface area contributed by atoms with Crippen molar-refractivity contribution in [2.24, 2.45) is 5.41 Å². The summed E-state index contributed by atoms with van der Waals surface area (Å²) in [6.07, 6.45) is 1.41. The lowest BCUT2D eigenvalue weighted by molar-refractivity contribution is -0.129. The zero-order valence-electron chi connectivity index (χ0n) is 19.7. The van der Waals surface area contributed by atoms with Gasteiger partial charge >= 0.3 is 0 Å². The molecule has 2 aromatic carbocycles. The van der Waals surface area contributed by atoms with Gasteiger partial charge in [0.05, 0.1) is 31.0 Å². The van der Waals surface area contributed by atoms with Gasteiger partial charge in [-0.2, -0.15) is 0 Å². The van der Waals surface area contributed by atoms with Gasteiger partial charge in [0.15, 0.2) is 0 Å². The molecule has 0 spiro atoms. The molecule has 7 heteroatoms. The second kappa shape index (κ2) is 9.16. The summed E-state index contributed by atoms with van der Waals surface area (Å²) in [5.41, 5.74) is 3.76. The minimum atomic E-state index is -0.456. The van der Waals surface area contributed by atoms with Gasteiger partial charge < -0.3 is 20.1 Å². The number of hydrogen-bond donors (Lipinski definition) is 2. The fourth-order valence-corrected chi connectivity index (χ4v) is 4.35. The molecule has 2 fully saturated rings. The first kappa shape index (κ1) is 22.5. The van der Waals surface area contributed by atoms with Crippen LogP contribution in [-0.2, 0) is 14.3 Å². The van der Waals surface area contributed by atoms with Crippen molar-refractivity contribution >= 4 is 11.9 Å². The molecule has 3 heterocycles. The third-order valence-electron chi connectivity index (χ3n) is 6.31. The third kappa shape index (κ3) is 4.67. The molecule has 2 aliphatic rings. The Bertz CT molecular complexity index is 1140. The standard InChI is InChI=1S/C27H30N4O3/c1-27(2,3)25(32)29-21-15-33-24-22(16-34-23(21)24)31-26-28-14-13-20(30-26)19-11-9-18(10-12-19)17-7-5-4-6-8-17/h4-14,21-24H,15-16H2,1-3H3,(H,29,32)(H,28,30,31). The van der Waals surface area contributed by atoms with Gasteiger partial charge in [-0.3, -0.25) is 4.79 Å². The number of nitrogens with zero attached hydrogens (tertiary/aromatic N) is 2. The molecule has 2 saturated heterocycles. The molecule has 3 aromatic rings. The van der Waals surface area contributed by atoms with E-state index in [4.69, 9.17) is 14.5 Å². The fourth-order valence-electron chi connectivity index (χ4n) is 4.35. The monoisotopic (exact) mass is 458 g/mol. The number of anilines is 1. The number of hydrogen-bond acceptors (Lipinski definition) is 6. The topological polar surface area (TPSA) is 85.4 Å². The number of carbonyl (C=O) groups excluding carboxylic acids is 1. The summed E-state index contributed by atoms with van der Waals surface area (Å²) in [6, 6.07) is 20.3. The summed E-state index contributed by atoms with van der Waals surface area (Å²) < 4.78 is 12.0. The Morgan fingerprint density at radius 2 is 1.47 bits per heavy atom. The fraction of sp³-hybridized carbons (Fsp3) is 0.370. The number of amides is 1. The van der Waals surface area contributed by atoms with Gasteiger partial charge in [-0.05, 0) is 17.2 Å². The highest BCUT2D eigenvalue weighted by molar-refractivity contribution is 5.81. The number of carbonyl (C=O) groups is 1. The Hall–Kier alpha value is -3.29. The Morgan fingerprint density at radius 3 is 2.18 bits per heavy atom. The van der Waals surface area contributed by atoms with Crippen molar-refractivity contribution in [3.8, 4) is 22.4 Å². The van der Waals surface area contributed by atoms with Gasteiger partial charge in [-0.15, -0.1) is 0 Å². The Balaban J connectivity index is 1.25. The normalized spacial score (nSPS) is 24.0. The maximum Gasteiger partial charge on any atom is 0.225 e. The molecule has 0 bridgehead atoms. The lowest BCUT2D eigenvalue weighted by atomic mass is 9.94. The van der Waals surface area contributed by atoms with E-state index in [-0.39, 0.29) is 30.2 Å². The van der Waals surface area contributed by atoms with E-state index >= 15 is 0 Å². The lowest BCUT2D eigenvalue weighted by Crippen LogP contribution is -2.48. The van der Waals surface area contributed by atoms with E-state index in [1.54, 1.807) is 6.20 Å². The third-order valence-corrected chi connectivity index (χ3v) is 6.31. The zero-order chi connectivity index (χ0) is 23.7. The second-order valence-electron chi connectivity index (χ2n) is 9.89. The summed E-state index contributed by atoms with van der Waals surface area (Å²) in [5.74, 6) is 0.528. The van der Waals surface area contributed by atoms with Crippen LogP contribution in [0.2, 0.25) is 0 Å². The van der Waals surface area contributed by atoms with Crippen LogP contribution >= 0.6 is 0 Å². The minimum Gasteiger partial charge on any atom is -0.371 e. The molecule has 5 rings (SSSR count). The van der Waals surface area contributed by atoms with Crippen molar-refractivity contribution in [2.75, 3.05) is 18.5 Å². The molecule has 1 aromatic heterocycles. The van der Waals surface area contributed by atoms with Crippen molar-refractivity contribution in [2.45, 2.75) is 45.1 Å². The maximum atomic E-state index is 12.4. The van der Waals surface area contributed by atoms with Crippen LogP contribution in [0.3, 0.4) is 0 Å². The number of aromatic nitrogens is 2. The average molecular weight is 459 g/mol. The minimum absolute atomic E-state index is 0.00363. The van der Waals surface area contributed by atoms with E-state index in [1.807, 2.05) is 45.0 Å². The molecule has 4 unspecified atom stereocenters. The summed E-state index contributed by atoms with van der Waals surface area (Å²) in [5, 5.41) is 6.45. The average Bonchev–Trinajstić information content (AvgIpc) is 3.43. The van der Waals surface area contributed by atoms with Crippen molar-refractivity contribution in [1.29, 1.82) is 0 Å². The van der Waals surface area contributed by atoms with E-state index in [2.05, 4.69) is 52.0 Å². The SMILES string of the molecule is CC(C)(C)C(=O)NC1COC2C(Nc3nccc(-c4ccc(-c5ccccc5)cc4)n3)COC12. The highest BCUT2D eigenvalue weighted by Gasteiger charge is 2.49. The van der Waals surface area contributed by atoms with Crippen LogP contribution in [0.1, 0.15) is 20.8 Å². The van der Waals surface area contributed by atoms with Gasteiger partial charge in [0.2, 0.25) is 11.9 Å². The van der Waals surface area contributed by atoms with Gasteiger partial charge in [0.25, 0.3) is 0 Å². The van der Waals surface area contributed by atoms with Crippen LogP contribution in [0.4, 0.5) is 5.95 Å². The smallest absolute Gasteiger partial charge is 0.225 e. The Kier molecular flexibility index (Phi) is 6.06. The van der Waals surface area contributed by atoms with Crippen LogP contribution in [-0.4, -0.2) is 53.4 Å². The van der Waals surface area contributed by atoms with Crippen LogP contribution in [0.5, 0.6) is 0 Å². The van der Waals surface area contributed by atoms with E-state index in [0.29, 0.717) is 19.2 Å². The molecule has 7 nitrogen and oxygen atoms in total. The summed E-state index contributed by atoms with van der Waals surface area (Å²) >= 11 is 0. The van der Waals surface area contributed by atoms with Crippen molar-refractivity contribution in [3.05, 3.63) is 66.9 Å². The van der Waals surface area contributed by atoms with Crippen molar-refractivity contribution < 1.29 is 14.3 Å². The van der Waals surface area contributed by atoms with Gasteiger partial charge in [0.1, 0.15) is 12.2 Å². The molecule has 34 heavy (non-hydrogen) atoms. The second-order valence-corrected chi connectivity index (χ2v) is 9.89. The first-order chi connectivity index (χ1) is 16.4. The summed E-state index contributed by atoms with van der Waals surface area (Å²) in [7, 11) is 0. The van der Waals surface area contributed by atoms with E-state index in [1.165, 1.54) is 5.56 Å². The van der Waals surface area contributed by atoms with Crippen LogP contribution in [0.25, 0.3) is 22.4 Å². The van der Waals surface area contributed by atoms with Crippen molar-refractivity contribution in [1.82, 2.24) is 15.3 Å². The number of benzene rings is 2. The van der Waals surface area contributed by atoms with Crippen LogP contribution in [0, 0.1) is 5.41 Å². The van der Waals surface area contributed by atoms with Gasteiger partial charge in [0, 0.05) is 17.2 Å². The largest absolute Gasteiger partial charge is 0.371 e. The molecule has 176 valence electrons. The van der Waals surface area contributed by atoms with Gasteiger partial charge in [-0.1, -0.05) is 75.4 Å². The van der Waals surface area contributed by atoms with Gasteiger partial charge in [-0.25, -0.2) is 9.97 Å². The molecule has 0 saturated carbocycles. The van der Waals surface area contributed by atoms with Crippen molar-refractivity contribution in [3.63, 3.8) is 0 Å². The molecular formula is C27H30N4O3. The number of rotatable bonds is 5. The van der Waals surface area contributed by atoms with E-state index in [0.717, 1.165) is 16.8 Å². The summed E-state index contributed by atoms with van der Waals surface area (Å²) in [4.78, 5) is 21.5. The molecule has 0 radical (unpaired) electrons. The van der Waals surface area contributed by atoms with Crippen LogP contribution in [0.15, 0.2) is 66.9 Å². The molecular weight excluding hydrogens is 428 g/mol. The number of nitrogens with one attached hydrogen (secondary N) is 2. The molecule has 1 amide bonds. The highest BCUT2D eigenvalue weighted by atomic mass is 16.6. The maximum absolute atomic E-state index is 12.4. The van der Waals surface area contributed by atoms with E-state index in [9.17, 15) is 4.79 Å². The molecule has 4 atom stereocenters. The lowest BCUT2D eigenvalue weighted by Gasteiger charge is -2.23. The number of ether oxygens (including phenoxy) is 2. The first-order valence-corrected chi connectivity index (χ1v) is 11.7. The number of fused-ring (bicyclic) bond motifs is 1. The predicted molar refractivity (Wildman–Crippen MR) is 131 cm³/mol. The molecule has 2 N–H and O–H groups in total. The zero-order valence-corrected chi connectivity index (χ0v) is 19.7. The Labute approximate surface area is 199 Å². The highest BCUT2D eigenvalue weighted by Crippen LogP contribution is 2.30.